The Kier molecular flexibility index (Phi) is 5.18. The predicted octanol–water partition coefficient (Wildman–Crippen LogP) is 3.01. The van der Waals surface area contributed by atoms with Crippen molar-refractivity contribution >= 4 is 0 Å². The molecule has 1 rings (SSSR count). The van der Waals surface area contributed by atoms with E-state index < -0.39 is 0 Å². The monoisotopic (exact) mass is 165 g/mol. The van der Waals surface area contributed by atoms with E-state index in [1.807, 2.05) is 32.1 Å². The number of hydrogen-bond acceptors (Lipinski definition) is 1. The summed E-state index contributed by atoms with van der Waals surface area (Å²) in [6.07, 6.45) is 8.22. The summed E-state index contributed by atoms with van der Waals surface area (Å²) in [5.41, 5.74) is 7.77. The van der Waals surface area contributed by atoms with Crippen LogP contribution in [0.2, 0.25) is 0 Å². The average molecular weight is 165 g/mol. The van der Waals surface area contributed by atoms with Crippen LogP contribution in [0.5, 0.6) is 0 Å². The molecular weight excluding hydrogens is 146 g/mol. The highest BCUT2D eigenvalue weighted by molar-refractivity contribution is 5.30. The van der Waals surface area contributed by atoms with E-state index in [2.05, 4.69) is 19.9 Å². The molecule has 0 fully saturated rings. The first-order valence-corrected chi connectivity index (χ1v) is 4.52. The lowest BCUT2D eigenvalue weighted by atomic mass is 10.1. The van der Waals surface area contributed by atoms with Gasteiger partial charge in [-0.3, -0.25) is 0 Å². The Bertz CT molecular complexity index is 187. The molecule has 0 radical (unpaired) electrons. The summed E-state index contributed by atoms with van der Waals surface area (Å²) < 4.78 is 0. The van der Waals surface area contributed by atoms with Crippen molar-refractivity contribution in [2.24, 2.45) is 11.7 Å². The molecule has 0 amide bonds. The second-order valence-electron chi connectivity index (χ2n) is 2.77. The SMILES string of the molecule is CC.CC1=CC(C)C=C(N)C=C1. The van der Waals surface area contributed by atoms with Crippen molar-refractivity contribution in [3.63, 3.8) is 0 Å². The first-order valence-electron chi connectivity index (χ1n) is 4.52. The lowest BCUT2D eigenvalue weighted by Crippen LogP contribution is -1.94. The van der Waals surface area contributed by atoms with Crippen LogP contribution in [0, 0.1) is 5.92 Å². The Morgan fingerprint density at radius 2 is 1.75 bits per heavy atom. The molecule has 1 unspecified atom stereocenters. The topological polar surface area (TPSA) is 26.0 Å². The predicted molar refractivity (Wildman–Crippen MR) is 55.7 cm³/mol. The minimum Gasteiger partial charge on any atom is -0.399 e. The molecular formula is C11H19N. The Labute approximate surface area is 75.7 Å². The average Bonchev–Trinajstić information content (AvgIpc) is 2.16. The second kappa shape index (κ2) is 5.64. The molecule has 0 saturated heterocycles. The van der Waals surface area contributed by atoms with Crippen LogP contribution in [0.3, 0.4) is 0 Å². The molecule has 68 valence electrons. The zero-order valence-corrected chi connectivity index (χ0v) is 8.46. The van der Waals surface area contributed by atoms with Crippen molar-refractivity contribution in [1.82, 2.24) is 0 Å². The maximum absolute atomic E-state index is 5.63. The summed E-state index contributed by atoms with van der Waals surface area (Å²) in [5, 5.41) is 0. The number of rotatable bonds is 0. The van der Waals surface area contributed by atoms with Crippen LogP contribution >= 0.6 is 0 Å². The van der Waals surface area contributed by atoms with E-state index in [4.69, 9.17) is 5.73 Å². The van der Waals surface area contributed by atoms with Crippen LogP contribution in [-0.4, -0.2) is 0 Å². The van der Waals surface area contributed by atoms with Crippen molar-refractivity contribution in [3.8, 4) is 0 Å². The van der Waals surface area contributed by atoms with Gasteiger partial charge < -0.3 is 5.73 Å². The van der Waals surface area contributed by atoms with E-state index in [1.165, 1.54) is 5.57 Å². The van der Waals surface area contributed by atoms with Crippen LogP contribution in [0.4, 0.5) is 0 Å². The molecule has 0 bridgehead atoms. The van der Waals surface area contributed by atoms with Crippen molar-refractivity contribution in [3.05, 3.63) is 35.6 Å². The molecule has 0 spiro atoms. The third kappa shape index (κ3) is 4.02. The molecule has 1 heteroatoms. The van der Waals surface area contributed by atoms with E-state index in [0.717, 1.165) is 5.70 Å². The van der Waals surface area contributed by atoms with Gasteiger partial charge in [-0.15, -0.1) is 0 Å². The molecule has 0 aliphatic heterocycles. The van der Waals surface area contributed by atoms with E-state index >= 15 is 0 Å². The van der Waals surface area contributed by atoms with Crippen molar-refractivity contribution in [1.29, 1.82) is 0 Å². The third-order valence-corrected chi connectivity index (χ3v) is 1.52. The van der Waals surface area contributed by atoms with Gasteiger partial charge in [-0.25, -0.2) is 0 Å². The van der Waals surface area contributed by atoms with Gasteiger partial charge in [0, 0.05) is 5.70 Å². The van der Waals surface area contributed by atoms with Gasteiger partial charge in [-0.05, 0) is 18.9 Å². The first-order chi connectivity index (χ1) is 5.68. The van der Waals surface area contributed by atoms with Crippen LogP contribution in [-0.2, 0) is 0 Å². The summed E-state index contributed by atoms with van der Waals surface area (Å²) >= 11 is 0. The molecule has 2 N–H and O–H groups in total. The third-order valence-electron chi connectivity index (χ3n) is 1.52. The Hall–Kier alpha value is -0.980. The van der Waals surface area contributed by atoms with Gasteiger partial charge in [0.25, 0.3) is 0 Å². The van der Waals surface area contributed by atoms with Crippen LogP contribution in [0.15, 0.2) is 35.6 Å². The Balaban J connectivity index is 0.000000561. The lowest BCUT2D eigenvalue weighted by Gasteiger charge is -1.96. The normalized spacial score (nSPS) is 21.5. The largest absolute Gasteiger partial charge is 0.399 e. The second-order valence-corrected chi connectivity index (χ2v) is 2.77. The minimum atomic E-state index is 0.468. The van der Waals surface area contributed by atoms with Gasteiger partial charge in [0.1, 0.15) is 0 Å². The first kappa shape index (κ1) is 11.0. The van der Waals surface area contributed by atoms with Gasteiger partial charge in [-0.1, -0.05) is 44.6 Å². The maximum Gasteiger partial charge on any atom is 0.0279 e. The van der Waals surface area contributed by atoms with Crippen LogP contribution in [0.25, 0.3) is 0 Å². The highest BCUT2D eigenvalue weighted by atomic mass is 14.6. The fraction of sp³-hybridized carbons (Fsp3) is 0.455. The fourth-order valence-electron chi connectivity index (χ4n) is 1.11. The minimum absolute atomic E-state index is 0.468. The molecule has 1 nitrogen and oxygen atoms in total. The molecule has 12 heavy (non-hydrogen) atoms. The molecule has 1 aliphatic carbocycles. The zero-order chi connectivity index (χ0) is 9.56. The Morgan fingerprint density at radius 1 is 1.17 bits per heavy atom. The van der Waals surface area contributed by atoms with Crippen molar-refractivity contribution in [2.45, 2.75) is 27.7 Å². The summed E-state index contributed by atoms with van der Waals surface area (Å²) in [5.74, 6) is 0.468. The summed E-state index contributed by atoms with van der Waals surface area (Å²) in [7, 11) is 0. The Morgan fingerprint density at radius 3 is 2.33 bits per heavy atom. The van der Waals surface area contributed by atoms with E-state index in [1.54, 1.807) is 0 Å². The van der Waals surface area contributed by atoms with E-state index in [-0.39, 0.29) is 0 Å². The molecule has 0 saturated carbocycles. The lowest BCUT2D eigenvalue weighted by molar-refractivity contribution is 0.923. The number of hydrogen-bond donors (Lipinski definition) is 1. The van der Waals surface area contributed by atoms with Gasteiger partial charge in [0.15, 0.2) is 0 Å². The standard InChI is InChI=1S/C9H13N.C2H6/c1-7-3-4-9(10)6-8(2)5-7;1-2/h3-6,8H,10H2,1-2H3;1-2H3. The van der Waals surface area contributed by atoms with Gasteiger partial charge >= 0.3 is 0 Å². The van der Waals surface area contributed by atoms with E-state index in [0.29, 0.717) is 5.92 Å². The molecule has 0 heterocycles. The zero-order valence-electron chi connectivity index (χ0n) is 8.46. The van der Waals surface area contributed by atoms with Gasteiger partial charge in [-0.2, -0.15) is 0 Å². The molecule has 0 aromatic carbocycles. The van der Waals surface area contributed by atoms with Crippen LogP contribution in [0.1, 0.15) is 27.7 Å². The molecule has 0 aromatic heterocycles. The smallest absolute Gasteiger partial charge is 0.0279 e. The molecule has 0 aromatic rings. The molecule has 1 atom stereocenters. The fourth-order valence-corrected chi connectivity index (χ4v) is 1.11. The van der Waals surface area contributed by atoms with Crippen molar-refractivity contribution < 1.29 is 0 Å². The van der Waals surface area contributed by atoms with E-state index in [9.17, 15) is 0 Å². The summed E-state index contributed by atoms with van der Waals surface area (Å²) in [4.78, 5) is 0. The van der Waals surface area contributed by atoms with Gasteiger partial charge in [0.05, 0.1) is 0 Å². The van der Waals surface area contributed by atoms with Crippen molar-refractivity contribution in [2.75, 3.05) is 0 Å². The summed E-state index contributed by atoms with van der Waals surface area (Å²) in [6.45, 7) is 8.21. The van der Waals surface area contributed by atoms with Crippen LogP contribution < -0.4 is 5.73 Å². The number of allylic oxidation sites excluding steroid dienone is 5. The van der Waals surface area contributed by atoms with Gasteiger partial charge in [0.2, 0.25) is 0 Å². The highest BCUT2D eigenvalue weighted by Crippen LogP contribution is 2.11. The highest BCUT2D eigenvalue weighted by Gasteiger charge is 1.97. The number of nitrogens with two attached hydrogens (primary N) is 1. The molecule has 1 aliphatic rings. The quantitative estimate of drug-likeness (QED) is 0.586. The summed E-state index contributed by atoms with van der Waals surface area (Å²) in [6, 6.07) is 0. The maximum atomic E-state index is 5.63.